The van der Waals surface area contributed by atoms with Crippen molar-refractivity contribution in [1.82, 2.24) is 0 Å². The number of hydrogen-bond donors (Lipinski definition) is 0. The fourth-order valence-electron chi connectivity index (χ4n) is 5.99. The first-order valence-corrected chi connectivity index (χ1v) is 13.6. The zero-order chi connectivity index (χ0) is 21.9. The van der Waals surface area contributed by atoms with Crippen LogP contribution in [0.2, 0.25) is 0 Å². The third-order valence-corrected chi connectivity index (χ3v) is 8.22. The van der Waals surface area contributed by atoms with E-state index >= 15 is 0 Å². The maximum atomic E-state index is 14.3. The summed E-state index contributed by atoms with van der Waals surface area (Å²) in [5.41, 5.74) is 3.68. The van der Waals surface area contributed by atoms with Crippen molar-refractivity contribution >= 4 is 0 Å². The van der Waals surface area contributed by atoms with Gasteiger partial charge >= 0.3 is 0 Å². The quantitative estimate of drug-likeness (QED) is 0.230. The van der Waals surface area contributed by atoms with Crippen LogP contribution in [0.3, 0.4) is 0 Å². The molecule has 0 nitrogen and oxygen atoms in total. The molecule has 0 heterocycles. The number of aryl methyl sites for hydroxylation is 2. The van der Waals surface area contributed by atoms with E-state index in [0.29, 0.717) is 0 Å². The summed E-state index contributed by atoms with van der Waals surface area (Å²) < 4.78 is 14.3. The Morgan fingerprint density at radius 3 is 2.29 bits per heavy atom. The van der Waals surface area contributed by atoms with Crippen molar-refractivity contribution in [3.8, 4) is 0 Å². The molecule has 1 heteroatoms. The Morgan fingerprint density at radius 1 is 0.806 bits per heavy atom. The van der Waals surface area contributed by atoms with E-state index in [0.717, 1.165) is 61.0 Å². The van der Waals surface area contributed by atoms with E-state index in [2.05, 4.69) is 26.0 Å². The molecule has 1 atom stereocenters. The Morgan fingerprint density at radius 2 is 1.61 bits per heavy atom. The number of rotatable bonds is 12. The molecule has 1 aromatic carbocycles. The van der Waals surface area contributed by atoms with Gasteiger partial charge in [-0.2, -0.15) is 0 Å². The molecule has 3 rings (SSSR count). The van der Waals surface area contributed by atoms with E-state index in [-0.39, 0.29) is 5.82 Å². The summed E-state index contributed by atoms with van der Waals surface area (Å²) in [7, 11) is 0. The first-order valence-electron chi connectivity index (χ1n) is 13.6. The summed E-state index contributed by atoms with van der Waals surface area (Å²) in [5.74, 6) is 2.94. The van der Waals surface area contributed by atoms with Gasteiger partial charge in [-0.15, -0.1) is 0 Å². The van der Waals surface area contributed by atoms with Crippen LogP contribution in [0.4, 0.5) is 4.39 Å². The summed E-state index contributed by atoms with van der Waals surface area (Å²) in [6.07, 6.45) is 24.8. The van der Waals surface area contributed by atoms with E-state index < -0.39 is 0 Å². The minimum absolute atomic E-state index is 0.00426. The van der Waals surface area contributed by atoms with Crippen LogP contribution >= 0.6 is 0 Å². The van der Waals surface area contributed by atoms with Crippen LogP contribution in [0.15, 0.2) is 29.8 Å². The predicted molar refractivity (Wildman–Crippen MR) is 133 cm³/mol. The molecule has 174 valence electrons. The minimum Gasteiger partial charge on any atom is -0.207 e. The van der Waals surface area contributed by atoms with Gasteiger partial charge in [0.1, 0.15) is 5.82 Å². The summed E-state index contributed by atoms with van der Waals surface area (Å²) in [6, 6.07) is 5.96. The van der Waals surface area contributed by atoms with Crippen molar-refractivity contribution in [2.75, 3.05) is 0 Å². The Balaban J connectivity index is 1.36. The summed E-state index contributed by atoms with van der Waals surface area (Å²) in [6.45, 7) is 4.47. The van der Waals surface area contributed by atoms with Crippen molar-refractivity contribution in [3.05, 3.63) is 46.8 Å². The minimum atomic E-state index is 0.00426. The maximum Gasteiger partial charge on any atom is 0.126 e. The molecule has 2 aliphatic carbocycles. The number of benzene rings is 1. The van der Waals surface area contributed by atoms with Gasteiger partial charge in [-0.1, -0.05) is 89.0 Å². The molecule has 2 aliphatic rings. The van der Waals surface area contributed by atoms with Gasteiger partial charge in [-0.3, -0.25) is 0 Å². The fraction of sp³-hybridized carbons (Fsp3) is 0.733. The van der Waals surface area contributed by atoms with E-state index in [1.165, 1.54) is 77.0 Å². The predicted octanol–water partition coefficient (Wildman–Crippen LogP) is 9.60. The van der Waals surface area contributed by atoms with Crippen molar-refractivity contribution in [1.29, 1.82) is 0 Å². The van der Waals surface area contributed by atoms with Crippen molar-refractivity contribution in [3.63, 3.8) is 0 Å². The average Bonchev–Trinajstić information content (AvgIpc) is 2.81. The Hall–Kier alpha value is -1.11. The van der Waals surface area contributed by atoms with Crippen LogP contribution in [0, 0.1) is 23.6 Å². The van der Waals surface area contributed by atoms with Crippen LogP contribution in [0.5, 0.6) is 0 Å². The highest BCUT2D eigenvalue weighted by molar-refractivity contribution is 5.25. The number of hydrogen-bond acceptors (Lipinski definition) is 0. The highest BCUT2D eigenvalue weighted by atomic mass is 19.1. The maximum absolute atomic E-state index is 14.3. The highest BCUT2D eigenvalue weighted by Gasteiger charge is 2.28. The van der Waals surface area contributed by atoms with Crippen LogP contribution in [0.25, 0.3) is 0 Å². The van der Waals surface area contributed by atoms with Gasteiger partial charge in [-0.05, 0) is 92.7 Å². The lowest BCUT2D eigenvalue weighted by Crippen LogP contribution is -2.23. The van der Waals surface area contributed by atoms with Crippen molar-refractivity contribution in [2.24, 2.45) is 17.8 Å². The smallest absolute Gasteiger partial charge is 0.126 e. The summed E-state index contributed by atoms with van der Waals surface area (Å²) >= 11 is 0. The van der Waals surface area contributed by atoms with Crippen LogP contribution in [-0.4, -0.2) is 0 Å². The summed E-state index contributed by atoms with van der Waals surface area (Å²) in [4.78, 5) is 0. The van der Waals surface area contributed by atoms with Crippen molar-refractivity contribution in [2.45, 2.75) is 123 Å². The number of unbranched alkanes of at least 4 members (excludes halogenated alkanes) is 4. The Kier molecular flexibility index (Phi) is 10.6. The van der Waals surface area contributed by atoms with Gasteiger partial charge < -0.3 is 0 Å². The monoisotopic (exact) mass is 426 g/mol. The zero-order valence-electron chi connectivity index (χ0n) is 20.4. The molecule has 0 amide bonds. The largest absolute Gasteiger partial charge is 0.207 e. The molecule has 0 aromatic heterocycles. The van der Waals surface area contributed by atoms with Crippen molar-refractivity contribution < 1.29 is 4.39 Å². The second-order valence-corrected chi connectivity index (χ2v) is 10.6. The van der Waals surface area contributed by atoms with Crippen LogP contribution in [-0.2, 0) is 12.8 Å². The lowest BCUT2D eigenvalue weighted by atomic mass is 9.70. The average molecular weight is 427 g/mol. The highest BCUT2D eigenvalue weighted by Crippen LogP contribution is 2.41. The number of halogens is 1. The third-order valence-electron chi connectivity index (χ3n) is 8.22. The van der Waals surface area contributed by atoms with Crippen LogP contribution in [0.1, 0.15) is 121 Å². The van der Waals surface area contributed by atoms with Crippen LogP contribution < -0.4 is 0 Å². The Bertz CT molecular complexity index is 665. The molecule has 1 unspecified atom stereocenters. The summed E-state index contributed by atoms with van der Waals surface area (Å²) in [5, 5.41) is 0. The second kappa shape index (κ2) is 13.4. The topological polar surface area (TPSA) is 0 Å². The first-order chi connectivity index (χ1) is 15.2. The lowest BCUT2D eigenvalue weighted by Gasteiger charge is -2.35. The van der Waals surface area contributed by atoms with Gasteiger partial charge in [-0.25, -0.2) is 4.39 Å². The SMILES string of the molecule is CCCCCCC1CCC(C2CC=C(CCc3ccc(CCCC)c(F)c3)CC2)CC1. The van der Waals surface area contributed by atoms with Gasteiger partial charge in [0, 0.05) is 0 Å². The molecular weight excluding hydrogens is 379 g/mol. The molecule has 1 saturated carbocycles. The molecule has 31 heavy (non-hydrogen) atoms. The zero-order valence-corrected chi connectivity index (χ0v) is 20.4. The second-order valence-electron chi connectivity index (χ2n) is 10.6. The molecule has 1 fully saturated rings. The fourth-order valence-corrected chi connectivity index (χ4v) is 5.99. The van der Waals surface area contributed by atoms with E-state index in [1.807, 2.05) is 6.07 Å². The molecule has 0 spiro atoms. The van der Waals surface area contributed by atoms with E-state index in [9.17, 15) is 4.39 Å². The van der Waals surface area contributed by atoms with Gasteiger partial charge in [0.05, 0.1) is 0 Å². The molecule has 0 aliphatic heterocycles. The molecule has 0 radical (unpaired) electrons. The molecule has 0 N–H and O–H groups in total. The molecular formula is C30H47F. The van der Waals surface area contributed by atoms with Gasteiger partial charge in [0.15, 0.2) is 0 Å². The third kappa shape index (κ3) is 8.07. The lowest BCUT2D eigenvalue weighted by molar-refractivity contribution is 0.185. The van der Waals surface area contributed by atoms with E-state index in [1.54, 1.807) is 11.6 Å². The van der Waals surface area contributed by atoms with E-state index in [4.69, 9.17) is 0 Å². The Labute approximate surface area is 192 Å². The van der Waals surface area contributed by atoms with Gasteiger partial charge in [0.25, 0.3) is 0 Å². The first kappa shape index (κ1) is 24.5. The molecule has 1 aromatic rings. The van der Waals surface area contributed by atoms with Gasteiger partial charge in [0.2, 0.25) is 0 Å². The molecule has 0 bridgehead atoms. The number of allylic oxidation sites excluding steroid dienone is 2. The normalized spacial score (nSPS) is 24.2. The standard InChI is InChI=1S/C30H47F/c1-3-5-7-8-9-24-13-18-27(19-14-24)28-20-15-25(16-21-28)11-12-26-17-22-29(10-6-4-2)30(31)23-26/h15,17,22-24,27-28H,3-14,16,18-21H2,1-2H3. The molecule has 0 saturated heterocycles.